The molecule has 0 spiro atoms. The summed E-state index contributed by atoms with van der Waals surface area (Å²) >= 11 is 1.77. The van der Waals surface area contributed by atoms with E-state index >= 15 is 0 Å². The number of carboxylic acids is 1. The molecule has 11 heavy (non-hydrogen) atoms. The maximum absolute atomic E-state index is 10.5. The van der Waals surface area contributed by atoms with Crippen LogP contribution in [0.4, 0.5) is 0 Å². The summed E-state index contributed by atoms with van der Waals surface area (Å²) in [6.45, 7) is 3.77. The first-order chi connectivity index (χ1) is 5.09. The second kappa shape index (κ2) is 5.47. The fraction of sp³-hybridized carbons (Fsp3) is 0.875. The third-order valence-corrected chi connectivity index (χ3v) is 2.66. The van der Waals surface area contributed by atoms with Crippen molar-refractivity contribution in [3.8, 4) is 0 Å². The standard InChI is InChI=1S/C8H16O2S/c1-6(4-5-11-3)7(2)8(9)10/h6-7H,4-5H2,1-3H3,(H,9,10). The van der Waals surface area contributed by atoms with E-state index in [1.807, 2.05) is 13.2 Å². The first-order valence-corrected chi connectivity index (χ1v) is 5.20. The van der Waals surface area contributed by atoms with Gasteiger partial charge in [0, 0.05) is 0 Å². The minimum Gasteiger partial charge on any atom is -0.481 e. The smallest absolute Gasteiger partial charge is 0.306 e. The van der Waals surface area contributed by atoms with Crippen LogP contribution in [-0.2, 0) is 4.79 Å². The predicted octanol–water partition coefficient (Wildman–Crippen LogP) is 2.10. The summed E-state index contributed by atoms with van der Waals surface area (Å²) in [5.41, 5.74) is 0. The van der Waals surface area contributed by atoms with Crippen LogP contribution in [0, 0.1) is 11.8 Å². The van der Waals surface area contributed by atoms with Gasteiger partial charge in [0.05, 0.1) is 5.92 Å². The molecule has 0 fully saturated rings. The summed E-state index contributed by atoms with van der Waals surface area (Å²) in [6, 6.07) is 0. The highest BCUT2D eigenvalue weighted by Crippen LogP contribution is 2.16. The molecule has 3 heteroatoms. The zero-order valence-electron chi connectivity index (χ0n) is 7.33. The van der Waals surface area contributed by atoms with Gasteiger partial charge in [-0.15, -0.1) is 0 Å². The van der Waals surface area contributed by atoms with Crippen LogP contribution in [0.3, 0.4) is 0 Å². The molecule has 0 radical (unpaired) electrons. The van der Waals surface area contributed by atoms with Crippen molar-refractivity contribution in [1.82, 2.24) is 0 Å². The van der Waals surface area contributed by atoms with Crippen molar-refractivity contribution in [2.75, 3.05) is 12.0 Å². The Balaban J connectivity index is 3.63. The Morgan fingerprint density at radius 2 is 2.09 bits per heavy atom. The molecule has 0 aromatic rings. The summed E-state index contributed by atoms with van der Waals surface area (Å²) in [5, 5.41) is 8.64. The van der Waals surface area contributed by atoms with Gasteiger partial charge in [-0.3, -0.25) is 4.79 Å². The maximum atomic E-state index is 10.5. The Kier molecular flexibility index (Phi) is 5.38. The third kappa shape index (κ3) is 4.30. The van der Waals surface area contributed by atoms with E-state index < -0.39 is 5.97 Å². The molecule has 0 saturated heterocycles. The van der Waals surface area contributed by atoms with Crippen molar-refractivity contribution in [2.45, 2.75) is 20.3 Å². The highest BCUT2D eigenvalue weighted by molar-refractivity contribution is 7.98. The van der Waals surface area contributed by atoms with Gasteiger partial charge >= 0.3 is 5.97 Å². The summed E-state index contributed by atoms with van der Waals surface area (Å²) < 4.78 is 0. The molecule has 66 valence electrons. The minimum atomic E-state index is -0.682. The van der Waals surface area contributed by atoms with Crippen molar-refractivity contribution in [3.05, 3.63) is 0 Å². The molecule has 0 amide bonds. The number of carboxylic acid groups (broad SMARTS) is 1. The van der Waals surface area contributed by atoms with E-state index in [4.69, 9.17) is 5.11 Å². The Morgan fingerprint density at radius 3 is 2.45 bits per heavy atom. The molecule has 0 saturated carbocycles. The largest absolute Gasteiger partial charge is 0.481 e. The van der Waals surface area contributed by atoms with Crippen LogP contribution < -0.4 is 0 Å². The van der Waals surface area contributed by atoms with Crippen LogP contribution >= 0.6 is 11.8 Å². The number of carbonyl (C=O) groups is 1. The molecule has 0 aromatic heterocycles. The van der Waals surface area contributed by atoms with Crippen molar-refractivity contribution >= 4 is 17.7 Å². The van der Waals surface area contributed by atoms with Crippen LogP contribution in [0.2, 0.25) is 0 Å². The Hall–Kier alpha value is -0.180. The normalized spacial score (nSPS) is 15.9. The number of thioether (sulfide) groups is 1. The Bertz CT molecular complexity index is 125. The molecule has 2 unspecified atom stereocenters. The fourth-order valence-corrected chi connectivity index (χ4v) is 1.40. The van der Waals surface area contributed by atoms with E-state index in [1.165, 1.54) is 0 Å². The average molecular weight is 176 g/mol. The van der Waals surface area contributed by atoms with Crippen molar-refractivity contribution < 1.29 is 9.90 Å². The average Bonchev–Trinajstić information content (AvgIpc) is 1.98. The van der Waals surface area contributed by atoms with Gasteiger partial charge in [-0.25, -0.2) is 0 Å². The van der Waals surface area contributed by atoms with Gasteiger partial charge in [0.25, 0.3) is 0 Å². The van der Waals surface area contributed by atoms with E-state index in [0.29, 0.717) is 5.92 Å². The maximum Gasteiger partial charge on any atom is 0.306 e. The number of rotatable bonds is 5. The Morgan fingerprint density at radius 1 is 1.55 bits per heavy atom. The quantitative estimate of drug-likeness (QED) is 0.697. The summed E-state index contributed by atoms with van der Waals surface area (Å²) in [4.78, 5) is 10.5. The number of aliphatic carboxylic acids is 1. The molecule has 2 nitrogen and oxygen atoms in total. The minimum absolute atomic E-state index is 0.206. The molecule has 0 heterocycles. The SMILES string of the molecule is CSCCC(C)C(C)C(=O)O. The van der Waals surface area contributed by atoms with Crippen LogP contribution in [-0.4, -0.2) is 23.1 Å². The van der Waals surface area contributed by atoms with Gasteiger partial charge in [-0.1, -0.05) is 13.8 Å². The molecule has 0 aliphatic rings. The van der Waals surface area contributed by atoms with Crippen LogP contribution in [0.1, 0.15) is 20.3 Å². The first kappa shape index (κ1) is 10.8. The van der Waals surface area contributed by atoms with E-state index in [-0.39, 0.29) is 5.92 Å². The molecule has 2 atom stereocenters. The third-order valence-electron chi connectivity index (χ3n) is 2.02. The summed E-state index contributed by atoms with van der Waals surface area (Å²) in [5.74, 6) is 0.458. The zero-order valence-corrected chi connectivity index (χ0v) is 8.15. The van der Waals surface area contributed by atoms with Crippen molar-refractivity contribution in [2.24, 2.45) is 11.8 Å². The van der Waals surface area contributed by atoms with Gasteiger partial charge in [0.15, 0.2) is 0 Å². The summed E-state index contributed by atoms with van der Waals surface area (Å²) in [6.07, 6.45) is 3.03. The van der Waals surface area contributed by atoms with Crippen LogP contribution in [0.25, 0.3) is 0 Å². The number of hydrogen-bond acceptors (Lipinski definition) is 2. The summed E-state index contributed by atoms with van der Waals surface area (Å²) in [7, 11) is 0. The van der Waals surface area contributed by atoms with Gasteiger partial charge in [0.2, 0.25) is 0 Å². The van der Waals surface area contributed by atoms with Gasteiger partial charge < -0.3 is 5.11 Å². The molecule has 0 aromatic carbocycles. The second-order valence-corrected chi connectivity index (χ2v) is 3.87. The molecule has 0 aliphatic carbocycles. The molecule has 0 aliphatic heterocycles. The van der Waals surface area contributed by atoms with Gasteiger partial charge in [-0.2, -0.15) is 11.8 Å². The topological polar surface area (TPSA) is 37.3 Å². The molecule has 1 N–H and O–H groups in total. The van der Waals surface area contributed by atoms with Crippen LogP contribution in [0.15, 0.2) is 0 Å². The highest BCUT2D eigenvalue weighted by atomic mass is 32.2. The zero-order chi connectivity index (χ0) is 8.85. The lowest BCUT2D eigenvalue weighted by Crippen LogP contribution is -2.18. The van der Waals surface area contributed by atoms with Gasteiger partial charge in [0.1, 0.15) is 0 Å². The Labute approximate surface area is 72.4 Å². The molecular weight excluding hydrogens is 160 g/mol. The lowest BCUT2D eigenvalue weighted by Gasteiger charge is -2.14. The lowest BCUT2D eigenvalue weighted by atomic mass is 9.94. The lowest BCUT2D eigenvalue weighted by molar-refractivity contribution is -0.142. The van der Waals surface area contributed by atoms with Crippen molar-refractivity contribution in [3.63, 3.8) is 0 Å². The predicted molar refractivity (Wildman–Crippen MR) is 49.0 cm³/mol. The fourth-order valence-electron chi connectivity index (χ4n) is 0.797. The highest BCUT2D eigenvalue weighted by Gasteiger charge is 2.18. The van der Waals surface area contributed by atoms with Crippen molar-refractivity contribution in [1.29, 1.82) is 0 Å². The first-order valence-electron chi connectivity index (χ1n) is 3.81. The van der Waals surface area contributed by atoms with E-state index in [1.54, 1.807) is 18.7 Å². The number of hydrogen-bond donors (Lipinski definition) is 1. The van der Waals surface area contributed by atoms with E-state index in [0.717, 1.165) is 12.2 Å². The van der Waals surface area contributed by atoms with Gasteiger partial charge in [-0.05, 0) is 24.3 Å². The van der Waals surface area contributed by atoms with E-state index in [9.17, 15) is 4.79 Å². The molecular formula is C8H16O2S. The van der Waals surface area contributed by atoms with E-state index in [2.05, 4.69) is 0 Å². The molecule has 0 bridgehead atoms. The second-order valence-electron chi connectivity index (χ2n) is 2.89. The van der Waals surface area contributed by atoms with Crippen LogP contribution in [0.5, 0.6) is 0 Å². The monoisotopic (exact) mass is 176 g/mol. The molecule has 0 rings (SSSR count).